The molecule has 0 saturated heterocycles. The number of hydrogen-bond acceptors (Lipinski definition) is 4. The Morgan fingerprint density at radius 3 is 2.33 bits per heavy atom. The van der Waals surface area contributed by atoms with E-state index in [1.54, 1.807) is 0 Å². The van der Waals surface area contributed by atoms with Gasteiger partial charge in [-0.05, 0) is 0 Å². The Morgan fingerprint density at radius 2 is 2.11 bits per heavy atom. The van der Waals surface area contributed by atoms with Crippen molar-refractivity contribution in [2.45, 2.75) is 6.54 Å². The largest absolute Gasteiger partial charge is 0.324 e. The third-order valence-corrected chi connectivity index (χ3v) is 0.572. The summed E-state index contributed by atoms with van der Waals surface area (Å²) in [6.45, 7) is 0.344. The zero-order chi connectivity index (χ0) is 5.11. The van der Waals surface area contributed by atoms with Gasteiger partial charge in [-0.3, -0.25) is 0 Å². The average Bonchev–Trinajstić information content (AvgIpc) is 2.14. The number of hydrogen-bond donors (Lipinski definition) is 2. The van der Waals surface area contributed by atoms with Crippen LogP contribution in [0.3, 0.4) is 0 Å². The zero-order valence-electron chi connectivity index (χ0n) is 4.44. The minimum absolute atomic E-state index is 0. The van der Waals surface area contributed by atoms with Crippen molar-refractivity contribution in [1.29, 1.82) is 0 Å². The highest BCUT2D eigenvalue weighted by molar-refractivity contribution is 5.85. The molecule has 1 heterocycles. The summed E-state index contributed by atoms with van der Waals surface area (Å²) in [7, 11) is 0. The minimum Gasteiger partial charge on any atom is -0.324 e. The maximum atomic E-state index is 5.11. The van der Waals surface area contributed by atoms with Gasteiger partial charge < -0.3 is 5.73 Å². The van der Waals surface area contributed by atoms with Crippen LogP contribution in [-0.4, -0.2) is 20.6 Å². The SMILES string of the molecule is Cl.Cl.NCc1nn[nH]n1. The van der Waals surface area contributed by atoms with Gasteiger partial charge in [0.25, 0.3) is 0 Å². The fourth-order valence-electron chi connectivity index (χ4n) is 0.269. The van der Waals surface area contributed by atoms with Crippen molar-refractivity contribution in [3.8, 4) is 0 Å². The molecule has 1 aromatic heterocycles. The van der Waals surface area contributed by atoms with Crippen LogP contribution >= 0.6 is 24.8 Å². The second-order valence-electron chi connectivity index (χ2n) is 1.03. The highest BCUT2D eigenvalue weighted by Gasteiger charge is 1.87. The number of H-pyrrole nitrogens is 1. The van der Waals surface area contributed by atoms with E-state index < -0.39 is 0 Å². The Hall–Kier alpha value is -0.390. The van der Waals surface area contributed by atoms with Gasteiger partial charge in [-0.1, -0.05) is 5.21 Å². The summed E-state index contributed by atoms with van der Waals surface area (Å²) in [6, 6.07) is 0. The first-order valence-corrected chi connectivity index (χ1v) is 1.86. The smallest absolute Gasteiger partial charge is 0.188 e. The molecule has 7 heteroatoms. The number of halogens is 2. The number of nitrogens with zero attached hydrogens (tertiary/aromatic N) is 3. The number of aromatic nitrogens is 4. The second-order valence-corrected chi connectivity index (χ2v) is 1.03. The topological polar surface area (TPSA) is 80.5 Å². The highest BCUT2D eigenvalue weighted by Crippen LogP contribution is 1.73. The van der Waals surface area contributed by atoms with E-state index in [1.807, 2.05) is 0 Å². The van der Waals surface area contributed by atoms with Crippen LogP contribution in [0.2, 0.25) is 0 Å². The molecule has 1 rings (SSSR count). The van der Waals surface area contributed by atoms with E-state index in [0.717, 1.165) is 0 Å². The molecule has 0 amide bonds. The molecule has 0 aromatic carbocycles. The van der Waals surface area contributed by atoms with Crippen molar-refractivity contribution in [2.24, 2.45) is 5.73 Å². The Morgan fingerprint density at radius 1 is 1.44 bits per heavy atom. The van der Waals surface area contributed by atoms with Gasteiger partial charge in [-0.2, -0.15) is 5.21 Å². The standard InChI is InChI=1S/C2H5N5.2ClH/c3-1-2-4-6-7-5-2;;/h1,3H2,(H,4,5,6,7);2*1H. The van der Waals surface area contributed by atoms with Crippen LogP contribution in [0, 0.1) is 0 Å². The number of tetrazole rings is 1. The molecule has 1 aromatic rings. The molecule has 0 aliphatic carbocycles. The summed E-state index contributed by atoms with van der Waals surface area (Å²) in [5.74, 6) is 0.542. The second kappa shape index (κ2) is 5.74. The van der Waals surface area contributed by atoms with Crippen molar-refractivity contribution in [3.05, 3.63) is 5.82 Å². The zero-order valence-corrected chi connectivity index (χ0v) is 6.08. The summed E-state index contributed by atoms with van der Waals surface area (Å²) in [5, 5.41) is 12.7. The summed E-state index contributed by atoms with van der Waals surface area (Å²) in [4.78, 5) is 0. The molecule has 0 fully saturated rings. The molecule has 3 N–H and O–H groups in total. The molecule has 0 atom stereocenters. The summed E-state index contributed by atoms with van der Waals surface area (Å²) >= 11 is 0. The van der Waals surface area contributed by atoms with E-state index in [2.05, 4.69) is 20.6 Å². The van der Waals surface area contributed by atoms with Gasteiger partial charge in [0.2, 0.25) is 0 Å². The lowest BCUT2D eigenvalue weighted by Crippen LogP contribution is -1.97. The Balaban J connectivity index is 0. The first kappa shape index (κ1) is 11.4. The van der Waals surface area contributed by atoms with E-state index in [1.165, 1.54) is 0 Å². The van der Waals surface area contributed by atoms with Crippen molar-refractivity contribution < 1.29 is 0 Å². The van der Waals surface area contributed by atoms with Gasteiger partial charge in [-0.25, -0.2) is 0 Å². The molecule has 0 radical (unpaired) electrons. The Kier molecular flexibility index (Phi) is 7.28. The van der Waals surface area contributed by atoms with Crippen LogP contribution in [0.5, 0.6) is 0 Å². The number of rotatable bonds is 1. The van der Waals surface area contributed by atoms with E-state index in [-0.39, 0.29) is 24.8 Å². The van der Waals surface area contributed by atoms with Gasteiger partial charge in [-0.15, -0.1) is 35.0 Å². The van der Waals surface area contributed by atoms with Gasteiger partial charge in [0, 0.05) is 0 Å². The maximum Gasteiger partial charge on any atom is 0.188 e. The van der Waals surface area contributed by atoms with Gasteiger partial charge in [0.05, 0.1) is 6.54 Å². The van der Waals surface area contributed by atoms with Crippen LogP contribution in [0.15, 0.2) is 0 Å². The van der Waals surface area contributed by atoms with Crippen molar-refractivity contribution in [3.63, 3.8) is 0 Å². The predicted octanol–water partition coefficient (Wildman–Crippen LogP) is -0.498. The average molecular weight is 172 g/mol. The van der Waals surface area contributed by atoms with E-state index in [0.29, 0.717) is 12.4 Å². The van der Waals surface area contributed by atoms with Crippen molar-refractivity contribution in [2.75, 3.05) is 0 Å². The van der Waals surface area contributed by atoms with Crippen LogP contribution < -0.4 is 5.73 Å². The molecule has 9 heavy (non-hydrogen) atoms. The molecular formula is C2H7Cl2N5. The van der Waals surface area contributed by atoms with Crippen LogP contribution in [0.4, 0.5) is 0 Å². The lowest BCUT2D eigenvalue weighted by atomic mass is 10.7. The monoisotopic (exact) mass is 171 g/mol. The van der Waals surface area contributed by atoms with E-state index >= 15 is 0 Å². The van der Waals surface area contributed by atoms with Gasteiger partial charge in [0.15, 0.2) is 5.82 Å². The first-order valence-electron chi connectivity index (χ1n) is 1.86. The number of aromatic amines is 1. The Bertz CT molecular complexity index is 128. The predicted molar refractivity (Wildman–Crippen MR) is 36.6 cm³/mol. The Labute approximate surface area is 64.2 Å². The molecular weight excluding hydrogens is 165 g/mol. The third-order valence-electron chi connectivity index (χ3n) is 0.572. The molecule has 0 unspecified atom stereocenters. The van der Waals surface area contributed by atoms with E-state index in [4.69, 9.17) is 5.73 Å². The van der Waals surface area contributed by atoms with E-state index in [9.17, 15) is 0 Å². The molecule has 5 nitrogen and oxygen atoms in total. The van der Waals surface area contributed by atoms with Gasteiger partial charge in [0.1, 0.15) is 0 Å². The molecule has 0 saturated carbocycles. The van der Waals surface area contributed by atoms with Crippen molar-refractivity contribution >= 4 is 24.8 Å². The minimum atomic E-state index is 0. The summed E-state index contributed by atoms with van der Waals surface area (Å²) < 4.78 is 0. The van der Waals surface area contributed by atoms with Crippen LogP contribution in [-0.2, 0) is 6.54 Å². The molecule has 0 aliphatic rings. The lowest BCUT2D eigenvalue weighted by molar-refractivity contribution is 0.881. The quantitative estimate of drug-likeness (QED) is 0.598. The van der Waals surface area contributed by atoms with Crippen molar-refractivity contribution in [1.82, 2.24) is 20.6 Å². The lowest BCUT2D eigenvalue weighted by Gasteiger charge is -1.73. The highest BCUT2D eigenvalue weighted by atomic mass is 35.5. The van der Waals surface area contributed by atoms with Crippen LogP contribution in [0.1, 0.15) is 5.82 Å². The fourth-order valence-corrected chi connectivity index (χ4v) is 0.269. The van der Waals surface area contributed by atoms with Gasteiger partial charge >= 0.3 is 0 Å². The first-order chi connectivity index (χ1) is 3.43. The normalized spacial score (nSPS) is 7.22. The summed E-state index contributed by atoms with van der Waals surface area (Å²) in [5.41, 5.74) is 5.11. The number of nitrogens with two attached hydrogens (primary N) is 1. The fraction of sp³-hybridized carbons (Fsp3) is 0.500. The molecule has 54 valence electrons. The maximum absolute atomic E-state index is 5.11. The van der Waals surface area contributed by atoms with Crippen LogP contribution in [0.25, 0.3) is 0 Å². The molecule has 0 spiro atoms. The summed E-state index contributed by atoms with van der Waals surface area (Å²) in [6.07, 6.45) is 0. The molecule has 0 bridgehead atoms. The molecule has 0 aliphatic heterocycles. The number of nitrogens with one attached hydrogen (secondary N) is 1. The third kappa shape index (κ3) is 3.23.